The number of benzene rings is 2. The number of rotatable bonds is 6. The van der Waals surface area contributed by atoms with E-state index in [-0.39, 0.29) is 18.4 Å². The molecule has 2 aromatic carbocycles. The number of amides is 2. The van der Waals surface area contributed by atoms with Crippen molar-refractivity contribution in [1.29, 1.82) is 0 Å². The Morgan fingerprint density at radius 2 is 1.57 bits per heavy atom. The van der Waals surface area contributed by atoms with Crippen LogP contribution in [0.3, 0.4) is 0 Å². The summed E-state index contributed by atoms with van der Waals surface area (Å²) in [7, 11) is 0. The van der Waals surface area contributed by atoms with Gasteiger partial charge in [-0.25, -0.2) is 0 Å². The topological polar surface area (TPSA) is 70.2 Å². The van der Waals surface area contributed by atoms with E-state index in [2.05, 4.69) is 38.5 Å². The van der Waals surface area contributed by atoms with Crippen molar-refractivity contribution in [2.24, 2.45) is 0 Å². The standard InChI is InChI=1S/C17H18IN3O2/c1-2-16(22)21-15-5-3-4-14(10-15)19-11-17(23)20-13-8-6-12(18)7-9-13/h3-10,19H,2,11H2,1H3,(H,20,23)(H,21,22). The van der Waals surface area contributed by atoms with Crippen molar-refractivity contribution < 1.29 is 9.59 Å². The average molecular weight is 423 g/mol. The SMILES string of the molecule is CCC(=O)Nc1cccc(NCC(=O)Nc2ccc(I)cc2)c1. The van der Waals surface area contributed by atoms with Crippen LogP contribution in [0.1, 0.15) is 13.3 Å². The first kappa shape index (κ1) is 17.3. The molecule has 5 nitrogen and oxygen atoms in total. The van der Waals surface area contributed by atoms with Gasteiger partial charge in [0, 0.05) is 27.1 Å². The van der Waals surface area contributed by atoms with Crippen LogP contribution in [-0.4, -0.2) is 18.4 Å². The summed E-state index contributed by atoms with van der Waals surface area (Å²) in [5, 5.41) is 8.65. The lowest BCUT2D eigenvalue weighted by atomic mass is 10.2. The maximum absolute atomic E-state index is 11.9. The van der Waals surface area contributed by atoms with Crippen LogP contribution in [0.2, 0.25) is 0 Å². The molecule has 0 bridgehead atoms. The highest BCUT2D eigenvalue weighted by molar-refractivity contribution is 14.1. The van der Waals surface area contributed by atoms with Crippen molar-refractivity contribution in [3.63, 3.8) is 0 Å². The average Bonchev–Trinajstić information content (AvgIpc) is 2.55. The van der Waals surface area contributed by atoms with Crippen molar-refractivity contribution >= 4 is 51.5 Å². The number of halogens is 1. The van der Waals surface area contributed by atoms with E-state index in [0.717, 1.165) is 14.9 Å². The van der Waals surface area contributed by atoms with Crippen LogP contribution in [0.25, 0.3) is 0 Å². The van der Waals surface area contributed by atoms with E-state index in [4.69, 9.17) is 0 Å². The van der Waals surface area contributed by atoms with Crippen LogP contribution in [0.15, 0.2) is 48.5 Å². The zero-order valence-electron chi connectivity index (χ0n) is 12.7. The molecular weight excluding hydrogens is 405 g/mol. The second kappa shape index (κ2) is 8.52. The molecule has 6 heteroatoms. The van der Waals surface area contributed by atoms with Gasteiger partial charge in [0.05, 0.1) is 6.54 Å². The number of hydrogen-bond acceptors (Lipinski definition) is 3. The van der Waals surface area contributed by atoms with Gasteiger partial charge in [-0.1, -0.05) is 13.0 Å². The van der Waals surface area contributed by atoms with Crippen molar-refractivity contribution in [3.05, 3.63) is 52.1 Å². The largest absolute Gasteiger partial charge is 0.376 e. The van der Waals surface area contributed by atoms with E-state index in [0.29, 0.717) is 12.1 Å². The fourth-order valence-corrected chi connectivity index (χ4v) is 2.24. The first-order chi connectivity index (χ1) is 11.1. The Morgan fingerprint density at radius 1 is 0.913 bits per heavy atom. The van der Waals surface area contributed by atoms with Crippen molar-refractivity contribution in [2.45, 2.75) is 13.3 Å². The quantitative estimate of drug-likeness (QED) is 0.621. The van der Waals surface area contributed by atoms with E-state index >= 15 is 0 Å². The molecular formula is C17H18IN3O2. The first-order valence-corrected chi connectivity index (χ1v) is 8.34. The molecule has 0 fully saturated rings. The fourth-order valence-electron chi connectivity index (χ4n) is 1.88. The van der Waals surface area contributed by atoms with E-state index < -0.39 is 0 Å². The van der Waals surface area contributed by atoms with Gasteiger partial charge in [-0.3, -0.25) is 9.59 Å². The molecule has 0 aromatic heterocycles. The van der Waals surface area contributed by atoms with Gasteiger partial charge in [0.2, 0.25) is 11.8 Å². The predicted octanol–water partition coefficient (Wildman–Crippen LogP) is 3.69. The summed E-state index contributed by atoms with van der Waals surface area (Å²) < 4.78 is 1.12. The molecule has 0 radical (unpaired) electrons. The second-order valence-electron chi connectivity index (χ2n) is 4.89. The summed E-state index contributed by atoms with van der Waals surface area (Å²) in [6.07, 6.45) is 0.427. The molecule has 0 unspecified atom stereocenters. The van der Waals surface area contributed by atoms with Crippen LogP contribution in [0, 0.1) is 3.57 Å². The summed E-state index contributed by atoms with van der Waals surface area (Å²) in [5.41, 5.74) is 2.25. The lowest BCUT2D eigenvalue weighted by Crippen LogP contribution is -2.21. The van der Waals surface area contributed by atoms with Gasteiger partial charge in [-0.15, -0.1) is 0 Å². The molecule has 0 atom stereocenters. The monoisotopic (exact) mass is 423 g/mol. The molecule has 2 aromatic rings. The number of nitrogens with one attached hydrogen (secondary N) is 3. The number of hydrogen-bond donors (Lipinski definition) is 3. The molecule has 3 N–H and O–H groups in total. The van der Waals surface area contributed by atoms with Crippen molar-refractivity contribution in [1.82, 2.24) is 0 Å². The number of carbonyl (C=O) groups is 2. The van der Waals surface area contributed by atoms with Crippen molar-refractivity contribution in [3.8, 4) is 0 Å². The van der Waals surface area contributed by atoms with Gasteiger partial charge in [0.25, 0.3) is 0 Å². The van der Waals surface area contributed by atoms with Crippen LogP contribution < -0.4 is 16.0 Å². The molecule has 0 aliphatic rings. The number of carbonyl (C=O) groups excluding carboxylic acids is 2. The second-order valence-corrected chi connectivity index (χ2v) is 6.14. The van der Waals surface area contributed by atoms with Crippen LogP contribution in [-0.2, 0) is 9.59 Å². The highest BCUT2D eigenvalue weighted by Crippen LogP contribution is 2.15. The van der Waals surface area contributed by atoms with Crippen LogP contribution in [0.4, 0.5) is 17.1 Å². The van der Waals surface area contributed by atoms with E-state index in [1.807, 2.05) is 42.5 Å². The van der Waals surface area contributed by atoms with Gasteiger partial charge >= 0.3 is 0 Å². The highest BCUT2D eigenvalue weighted by atomic mass is 127. The minimum Gasteiger partial charge on any atom is -0.376 e. The Kier molecular flexibility index (Phi) is 6.40. The smallest absolute Gasteiger partial charge is 0.243 e. The highest BCUT2D eigenvalue weighted by Gasteiger charge is 2.04. The van der Waals surface area contributed by atoms with Gasteiger partial charge in [0.1, 0.15) is 0 Å². The molecule has 2 amide bonds. The van der Waals surface area contributed by atoms with Crippen LogP contribution >= 0.6 is 22.6 Å². The molecule has 0 aliphatic heterocycles. The van der Waals surface area contributed by atoms with Gasteiger partial charge < -0.3 is 16.0 Å². The van der Waals surface area contributed by atoms with Crippen LogP contribution in [0.5, 0.6) is 0 Å². The number of anilines is 3. The molecule has 0 saturated heterocycles. The lowest BCUT2D eigenvalue weighted by Gasteiger charge is -2.10. The first-order valence-electron chi connectivity index (χ1n) is 7.26. The summed E-state index contributed by atoms with van der Waals surface area (Å²) in [6, 6.07) is 14.9. The van der Waals surface area contributed by atoms with Gasteiger partial charge in [-0.05, 0) is 65.1 Å². The predicted molar refractivity (Wildman–Crippen MR) is 102 cm³/mol. The van der Waals surface area contributed by atoms with E-state index in [1.165, 1.54) is 0 Å². The maximum Gasteiger partial charge on any atom is 0.243 e. The molecule has 0 aliphatic carbocycles. The molecule has 0 heterocycles. The van der Waals surface area contributed by atoms with E-state index in [1.54, 1.807) is 13.0 Å². The molecule has 0 spiro atoms. The minimum absolute atomic E-state index is 0.0430. The molecule has 2 rings (SSSR count). The van der Waals surface area contributed by atoms with Gasteiger partial charge in [-0.2, -0.15) is 0 Å². The summed E-state index contributed by atoms with van der Waals surface area (Å²) in [6.45, 7) is 1.95. The Balaban J connectivity index is 1.87. The minimum atomic E-state index is -0.130. The summed E-state index contributed by atoms with van der Waals surface area (Å²) >= 11 is 2.21. The third-order valence-electron chi connectivity index (χ3n) is 3.05. The van der Waals surface area contributed by atoms with Crippen molar-refractivity contribution in [2.75, 3.05) is 22.5 Å². The molecule has 23 heavy (non-hydrogen) atoms. The molecule has 120 valence electrons. The lowest BCUT2D eigenvalue weighted by molar-refractivity contribution is -0.116. The Bertz CT molecular complexity index is 686. The Hall–Kier alpha value is -2.09. The third kappa shape index (κ3) is 5.90. The van der Waals surface area contributed by atoms with Gasteiger partial charge in [0.15, 0.2) is 0 Å². The summed E-state index contributed by atoms with van der Waals surface area (Å²) in [4.78, 5) is 23.3. The normalized spacial score (nSPS) is 10.0. The summed E-state index contributed by atoms with van der Waals surface area (Å²) in [5.74, 6) is -0.173. The zero-order chi connectivity index (χ0) is 16.7. The van der Waals surface area contributed by atoms with E-state index in [9.17, 15) is 9.59 Å². The zero-order valence-corrected chi connectivity index (χ0v) is 14.9. The Labute approximate surface area is 149 Å². The fraction of sp³-hybridized carbons (Fsp3) is 0.176. The third-order valence-corrected chi connectivity index (χ3v) is 3.77. The Morgan fingerprint density at radius 3 is 2.26 bits per heavy atom. The maximum atomic E-state index is 11.9. The molecule has 0 saturated carbocycles.